The number of rotatable bonds is 2. The maximum absolute atomic E-state index is 10.7. The summed E-state index contributed by atoms with van der Waals surface area (Å²) in [6, 6.07) is -0.181. The van der Waals surface area contributed by atoms with Crippen molar-refractivity contribution < 1.29 is 9.90 Å². The minimum atomic E-state index is -0.928. The molecule has 13 heavy (non-hydrogen) atoms. The largest absolute Gasteiger partial charge is 0.465 e. The molecule has 1 saturated heterocycles. The van der Waals surface area contributed by atoms with Crippen LogP contribution in [0.1, 0.15) is 19.8 Å². The summed E-state index contributed by atoms with van der Waals surface area (Å²) in [5.41, 5.74) is 8.20. The van der Waals surface area contributed by atoms with E-state index in [1.54, 1.807) is 0 Å². The van der Waals surface area contributed by atoms with E-state index in [9.17, 15) is 4.79 Å². The highest BCUT2D eigenvalue weighted by atomic mass is 16.4. The zero-order valence-electron chi connectivity index (χ0n) is 7.42. The van der Waals surface area contributed by atoms with Crippen molar-refractivity contribution in [3.05, 3.63) is 10.4 Å². The Kier molecular flexibility index (Phi) is 2.97. The second-order valence-corrected chi connectivity index (χ2v) is 3.09. The fourth-order valence-electron chi connectivity index (χ4n) is 1.67. The number of hydrogen-bond donors (Lipinski definition) is 1. The number of nitrogens with zero attached hydrogens (tertiary/aromatic N) is 4. The van der Waals surface area contributed by atoms with E-state index in [0.717, 1.165) is 6.42 Å². The smallest absolute Gasteiger partial charge is 0.407 e. The molecule has 0 aromatic rings. The quantitative estimate of drug-likeness (QED) is 0.403. The molecule has 0 spiro atoms. The van der Waals surface area contributed by atoms with Crippen LogP contribution in [0.2, 0.25) is 0 Å². The maximum Gasteiger partial charge on any atom is 0.407 e. The predicted molar refractivity (Wildman–Crippen MR) is 46.4 cm³/mol. The van der Waals surface area contributed by atoms with E-state index in [1.165, 1.54) is 4.90 Å². The molecule has 1 N–H and O–H groups in total. The van der Waals surface area contributed by atoms with Crippen molar-refractivity contribution >= 4 is 6.09 Å². The summed E-state index contributed by atoms with van der Waals surface area (Å²) >= 11 is 0. The molecule has 1 fully saturated rings. The van der Waals surface area contributed by atoms with Crippen LogP contribution in [0.4, 0.5) is 4.79 Å². The summed E-state index contributed by atoms with van der Waals surface area (Å²) in [6.45, 7) is 2.26. The van der Waals surface area contributed by atoms with E-state index in [1.807, 2.05) is 6.92 Å². The third kappa shape index (κ3) is 2.03. The first-order chi connectivity index (χ1) is 6.19. The molecule has 0 bridgehead atoms. The van der Waals surface area contributed by atoms with Gasteiger partial charge in [-0.05, 0) is 18.4 Å². The Morgan fingerprint density at radius 1 is 1.85 bits per heavy atom. The van der Waals surface area contributed by atoms with Gasteiger partial charge in [-0.1, -0.05) is 12.0 Å². The first kappa shape index (κ1) is 9.67. The number of carbonyl (C=O) groups is 1. The van der Waals surface area contributed by atoms with Gasteiger partial charge in [0.2, 0.25) is 0 Å². The lowest BCUT2D eigenvalue weighted by molar-refractivity contribution is 0.139. The Balaban J connectivity index is 2.66. The Bertz CT molecular complexity index is 249. The summed E-state index contributed by atoms with van der Waals surface area (Å²) in [7, 11) is 0. The minimum absolute atomic E-state index is 0.00741. The summed E-state index contributed by atoms with van der Waals surface area (Å²) < 4.78 is 0. The van der Waals surface area contributed by atoms with Crippen LogP contribution < -0.4 is 0 Å². The monoisotopic (exact) mass is 184 g/mol. The van der Waals surface area contributed by atoms with Crippen molar-refractivity contribution in [1.82, 2.24) is 4.90 Å². The molecule has 6 nitrogen and oxygen atoms in total. The number of carboxylic acid groups (broad SMARTS) is 1. The van der Waals surface area contributed by atoms with Crippen LogP contribution in [-0.4, -0.2) is 34.7 Å². The van der Waals surface area contributed by atoms with Crippen LogP contribution in [0.15, 0.2) is 5.11 Å². The average molecular weight is 184 g/mol. The minimum Gasteiger partial charge on any atom is -0.465 e. The van der Waals surface area contributed by atoms with Crippen molar-refractivity contribution in [2.45, 2.75) is 31.8 Å². The van der Waals surface area contributed by atoms with E-state index >= 15 is 0 Å². The molecule has 1 rings (SSSR count). The van der Waals surface area contributed by atoms with Gasteiger partial charge in [0.1, 0.15) is 0 Å². The Morgan fingerprint density at radius 2 is 2.54 bits per heavy atom. The standard InChI is InChI=1S/C7H12N4O2/c1-2-6-3-5(9-10-8)4-11(6)7(12)13/h5-6H,2-4H2,1H3,(H,12,13). The van der Waals surface area contributed by atoms with Crippen LogP contribution in [-0.2, 0) is 0 Å². The molecule has 0 aromatic carbocycles. The molecule has 1 aliphatic rings. The average Bonchev–Trinajstić information content (AvgIpc) is 2.48. The van der Waals surface area contributed by atoms with Crippen LogP contribution >= 0.6 is 0 Å². The molecule has 2 unspecified atom stereocenters. The van der Waals surface area contributed by atoms with E-state index in [4.69, 9.17) is 10.6 Å². The number of amides is 1. The third-order valence-corrected chi connectivity index (χ3v) is 2.32. The second kappa shape index (κ2) is 4.00. The van der Waals surface area contributed by atoms with Crippen LogP contribution in [0.25, 0.3) is 10.4 Å². The predicted octanol–water partition coefficient (Wildman–Crippen LogP) is 1.83. The Hall–Kier alpha value is -1.42. The van der Waals surface area contributed by atoms with Crippen molar-refractivity contribution in [1.29, 1.82) is 0 Å². The molecule has 0 radical (unpaired) electrons. The molecule has 1 heterocycles. The van der Waals surface area contributed by atoms with Crippen molar-refractivity contribution in [2.24, 2.45) is 5.11 Å². The van der Waals surface area contributed by atoms with Gasteiger partial charge >= 0.3 is 6.09 Å². The van der Waals surface area contributed by atoms with Crippen LogP contribution in [0, 0.1) is 0 Å². The van der Waals surface area contributed by atoms with Gasteiger partial charge in [-0.3, -0.25) is 0 Å². The van der Waals surface area contributed by atoms with Crippen molar-refractivity contribution in [2.75, 3.05) is 6.54 Å². The van der Waals surface area contributed by atoms with Crippen LogP contribution in [0.3, 0.4) is 0 Å². The van der Waals surface area contributed by atoms with E-state index in [-0.39, 0.29) is 12.1 Å². The van der Waals surface area contributed by atoms with Gasteiger partial charge in [-0.2, -0.15) is 0 Å². The number of hydrogen-bond acceptors (Lipinski definition) is 2. The molecule has 72 valence electrons. The van der Waals surface area contributed by atoms with Gasteiger partial charge in [-0.25, -0.2) is 4.79 Å². The first-order valence-electron chi connectivity index (χ1n) is 4.22. The topological polar surface area (TPSA) is 89.3 Å². The summed E-state index contributed by atoms with van der Waals surface area (Å²) in [4.78, 5) is 14.7. The molecular formula is C7H12N4O2. The lowest BCUT2D eigenvalue weighted by Gasteiger charge is -2.19. The third-order valence-electron chi connectivity index (χ3n) is 2.32. The molecular weight excluding hydrogens is 172 g/mol. The molecule has 1 amide bonds. The lowest BCUT2D eigenvalue weighted by Crippen LogP contribution is -2.34. The summed E-state index contributed by atoms with van der Waals surface area (Å²) in [5, 5.41) is 12.3. The van der Waals surface area contributed by atoms with Gasteiger partial charge in [0.15, 0.2) is 0 Å². The molecule has 2 atom stereocenters. The van der Waals surface area contributed by atoms with Gasteiger partial charge in [0, 0.05) is 17.5 Å². The molecule has 0 saturated carbocycles. The molecule has 1 aliphatic heterocycles. The van der Waals surface area contributed by atoms with E-state index in [0.29, 0.717) is 13.0 Å². The molecule has 0 aliphatic carbocycles. The highest BCUT2D eigenvalue weighted by Gasteiger charge is 2.33. The zero-order valence-corrected chi connectivity index (χ0v) is 7.42. The fourth-order valence-corrected chi connectivity index (χ4v) is 1.67. The fraction of sp³-hybridized carbons (Fsp3) is 0.857. The first-order valence-corrected chi connectivity index (χ1v) is 4.22. The van der Waals surface area contributed by atoms with Crippen LogP contribution in [0.5, 0.6) is 0 Å². The van der Waals surface area contributed by atoms with E-state index < -0.39 is 6.09 Å². The normalized spacial score (nSPS) is 27.0. The van der Waals surface area contributed by atoms with Gasteiger partial charge in [0.25, 0.3) is 0 Å². The SMILES string of the molecule is CCC1CC(N=[N+]=[N-])CN1C(=O)O. The summed E-state index contributed by atoms with van der Waals surface area (Å²) in [5.74, 6) is 0. The highest BCUT2D eigenvalue weighted by molar-refractivity contribution is 5.66. The maximum atomic E-state index is 10.7. The Labute approximate surface area is 75.8 Å². The highest BCUT2D eigenvalue weighted by Crippen LogP contribution is 2.22. The zero-order chi connectivity index (χ0) is 9.84. The van der Waals surface area contributed by atoms with Gasteiger partial charge < -0.3 is 10.0 Å². The van der Waals surface area contributed by atoms with Gasteiger partial charge in [-0.15, -0.1) is 0 Å². The van der Waals surface area contributed by atoms with Crippen molar-refractivity contribution in [3.8, 4) is 0 Å². The second-order valence-electron chi connectivity index (χ2n) is 3.09. The number of azide groups is 1. The van der Waals surface area contributed by atoms with E-state index in [2.05, 4.69) is 10.0 Å². The van der Waals surface area contributed by atoms with Gasteiger partial charge in [0.05, 0.1) is 6.04 Å². The Morgan fingerprint density at radius 3 is 2.92 bits per heavy atom. The van der Waals surface area contributed by atoms with Crippen molar-refractivity contribution in [3.63, 3.8) is 0 Å². The lowest BCUT2D eigenvalue weighted by atomic mass is 10.1. The summed E-state index contributed by atoms with van der Waals surface area (Å²) in [6.07, 6.45) is 0.485. The molecule has 6 heteroatoms. The molecule has 0 aromatic heterocycles. The number of likely N-dealkylation sites (tertiary alicyclic amines) is 1.